The van der Waals surface area contributed by atoms with Crippen molar-refractivity contribution in [1.82, 2.24) is 5.32 Å². The fourth-order valence-electron chi connectivity index (χ4n) is 2.55. The molecule has 0 aliphatic carbocycles. The lowest BCUT2D eigenvalue weighted by atomic mass is 10.0. The minimum atomic E-state index is -0.441. The number of amidine groups is 1. The lowest BCUT2D eigenvalue weighted by Crippen LogP contribution is -2.32. The molecule has 0 radical (unpaired) electrons. The summed E-state index contributed by atoms with van der Waals surface area (Å²) in [6.07, 6.45) is 0. The van der Waals surface area contributed by atoms with Crippen LogP contribution in [0, 0.1) is 0 Å². The first-order chi connectivity index (χ1) is 14.1. The molecule has 0 unspecified atom stereocenters. The summed E-state index contributed by atoms with van der Waals surface area (Å²) in [5.41, 5.74) is 2.01. The third-order valence-corrected chi connectivity index (χ3v) is 3.92. The number of benzene rings is 3. The van der Waals surface area contributed by atoms with Crippen molar-refractivity contribution in [2.24, 2.45) is 10.2 Å². The molecule has 144 valence electrons. The average Bonchev–Trinajstić information content (AvgIpc) is 2.75. The molecule has 3 aromatic carbocycles. The van der Waals surface area contributed by atoms with E-state index >= 15 is 0 Å². The number of nitrogens with zero attached hydrogens (tertiary/aromatic N) is 2. The largest absolute Gasteiger partial charge is 0.324 e. The van der Waals surface area contributed by atoms with Crippen LogP contribution in [0.5, 0.6) is 0 Å². The molecule has 2 N–H and O–H groups in total. The smallest absolute Gasteiger partial charge is 0.308 e. The standard InChI is InChI=1S/C23H20N4O2/c1-17(24-23(29)25-20-15-9-4-10-16-20)26-27-21(18-11-5-2-6-12-18)22(28)19-13-7-3-8-14-19/h2-16H,1H3,(H2,24,25,26,29)/b27-21+. The van der Waals surface area contributed by atoms with E-state index < -0.39 is 6.03 Å². The highest BCUT2D eigenvalue weighted by atomic mass is 16.2. The first-order valence-electron chi connectivity index (χ1n) is 9.04. The summed E-state index contributed by atoms with van der Waals surface area (Å²) in [4.78, 5) is 25.0. The van der Waals surface area contributed by atoms with E-state index in [1.54, 1.807) is 55.5 Å². The van der Waals surface area contributed by atoms with Crippen molar-refractivity contribution in [3.63, 3.8) is 0 Å². The summed E-state index contributed by atoms with van der Waals surface area (Å²) >= 11 is 0. The molecular formula is C23H20N4O2. The van der Waals surface area contributed by atoms with Gasteiger partial charge in [0.2, 0.25) is 5.78 Å². The third-order valence-electron chi connectivity index (χ3n) is 3.92. The zero-order valence-electron chi connectivity index (χ0n) is 15.9. The Morgan fingerprint density at radius 3 is 1.79 bits per heavy atom. The number of ketones is 1. The van der Waals surface area contributed by atoms with Gasteiger partial charge in [0, 0.05) is 16.8 Å². The van der Waals surface area contributed by atoms with Crippen LogP contribution in [-0.4, -0.2) is 23.4 Å². The van der Waals surface area contributed by atoms with E-state index in [-0.39, 0.29) is 17.3 Å². The number of amides is 2. The van der Waals surface area contributed by atoms with Gasteiger partial charge in [-0.2, -0.15) is 0 Å². The maximum absolute atomic E-state index is 12.9. The molecule has 2 amide bonds. The second kappa shape index (κ2) is 9.75. The highest BCUT2D eigenvalue weighted by Gasteiger charge is 2.16. The first-order valence-corrected chi connectivity index (χ1v) is 9.04. The van der Waals surface area contributed by atoms with Crippen molar-refractivity contribution in [3.05, 3.63) is 102 Å². The van der Waals surface area contributed by atoms with Crippen molar-refractivity contribution in [2.75, 3.05) is 5.32 Å². The predicted octanol–water partition coefficient (Wildman–Crippen LogP) is 4.51. The van der Waals surface area contributed by atoms with E-state index in [1.165, 1.54) is 0 Å². The Labute approximate surface area is 169 Å². The molecule has 3 rings (SSSR count). The van der Waals surface area contributed by atoms with Crippen LogP contribution in [0.3, 0.4) is 0 Å². The van der Waals surface area contributed by atoms with Crippen LogP contribution in [0.1, 0.15) is 22.8 Å². The number of rotatable bonds is 5. The quantitative estimate of drug-likeness (QED) is 0.294. The first kappa shape index (κ1) is 19.7. The Balaban J connectivity index is 1.80. The fraction of sp³-hybridized carbons (Fsp3) is 0.0435. The van der Waals surface area contributed by atoms with Gasteiger partial charge in [0.1, 0.15) is 11.5 Å². The Hall–Kier alpha value is -4.06. The van der Waals surface area contributed by atoms with Crippen molar-refractivity contribution in [3.8, 4) is 0 Å². The van der Waals surface area contributed by atoms with E-state index in [4.69, 9.17) is 0 Å². The number of nitrogens with one attached hydrogen (secondary N) is 2. The van der Waals surface area contributed by atoms with Crippen LogP contribution < -0.4 is 10.6 Å². The minimum absolute atomic E-state index is 0.196. The van der Waals surface area contributed by atoms with Crippen LogP contribution in [0.15, 0.2) is 101 Å². The Morgan fingerprint density at radius 1 is 0.690 bits per heavy atom. The average molecular weight is 384 g/mol. The van der Waals surface area contributed by atoms with Gasteiger partial charge in [-0.3, -0.25) is 10.1 Å². The maximum atomic E-state index is 12.9. The summed E-state index contributed by atoms with van der Waals surface area (Å²) in [7, 11) is 0. The lowest BCUT2D eigenvalue weighted by molar-refractivity contribution is 0.106. The number of hydrogen-bond donors (Lipinski definition) is 2. The molecule has 29 heavy (non-hydrogen) atoms. The topological polar surface area (TPSA) is 82.9 Å². The molecule has 6 nitrogen and oxygen atoms in total. The molecule has 0 atom stereocenters. The summed E-state index contributed by atoms with van der Waals surface area (Å²) in [5, 5.41) is 13.5. The molecule has 0 saturated carbocycles. The third kappa shape index (κ3) is 5.71. The van der Waals surface area contributed by atoms with E-state index in [0.717, 1.165) is 0 Å². The van der Waals surface area contributed by atoms with Crippen molar-refractivity contribution in [2.45, 2.75) is 6.92 Å². The number of para-hydroxylation sites is 1. The summed E-state index contributed by atoms with van der Waals surface area (Å²) in [6.45, 7) is 1.60. The molecule has 6 heteroatoms. The Kier molecular flexibility index (Phi) is 6.62. The number of anilines is 1. The van der Waals surface area contributed by atoms with Crippen LogP contribution in [0.25, 0.3) is 0 Å². The summed E-state index contributed by atoms with van der Waals surface area (Å²) in [5.74, 6) is 0.00908. The molecule has 0 aromatic heterocycles. The van der Waals surface area contributed by atoms with Gasteiger partial charge >= 0.3 is 6.03 Å². The van der Waals surface area contributed by atoms with Crippen LogP contribution in [-0.2, 0) is 0 Å². The summed E-state index contributed by atoms with van der Waals surface area (Å²) in [6, 6.07) is 26.6. The minimum Gasteiger partial charge on any atom is -0.308 e. The molecule has 3 aromatic rings. The molecule has 0 aliphatic rings. The van der Waals surface area contributed by atoms with Gasteiger partial charge in [0.05, 0.1) is 0 Å². The van der Waals surface area contributed by atoms with Gasteiger partial charge in [0.15, 0.2) is 0 Å². The van der Waals surface area contributed by atoms with Crippen molar-refractivity contribution in [1.29, 1.82) is 0 Å². The van der Waals surface area contributed by atoms with E-state index in [1.807, 2.05) is 42.5 Å². The van der Waals surface area contributed by atoms with Gasteiger partial charge < -0.3 is 5.32 Å². The molecule has 0 spiro atoms. The monoisotopic (exact) mass is 384 g/mol. The summed E-state index contributed by atoms with van der Waals surface area (Å²) < 4.78 is 0. The second-order valence-corrected chi connectivity index (χ2v) is 6.14. The molecule has 0 aliphatic heterocycles. The van der Waals surface area contributed by atoms with Crippen molar-refractivity contribution >= 4 is 29.0 Å². The maximum Gasteiger partial charge on any atom is 0.324 e. The number of urea groups is 1. The molecule has 0 fully saturated rings. The molecular weight excluding hydrogens is 364 g/mol. The fourth-order valence-corrected chi connectivity index (χ4v) is 2.55. The number of Topliss-reactive ketones (excluding diaryl/α,β-unsaturated/α-hetero) is 1. The SMILES string of the molecule is C/C(=N/N=C(/C(=O)c1ccccc1)c1ccccc1)NC(=O)Nc1ccccc1. The molecule has 0 bridgehead atoms. The van der Waals surface area contributed by atoms with E-state index in [9.17, 15) is 9.59 Å². The zero-order chi connectivity index (χ0) is 20.5. The van der Waals surface area contributed by atoms with Crippen LogP contribution in [0.2, 0.25) is 0 Å². The number of hydrogen-bond acceptors (Lipinski definition) is 4. The highest BCUT2D eigenvalue weighted by molar-refractivity contribution is 6.51. The van der Waals surface area contributed by atoms with Gasteiger partial charge in [-0.05, 0) is 19.1 Å². The number of carbonyl (C=O) groups is 2. The van der Waals surface area contributed by atoms with E-state index in [2.05, 4.69) is 20.8 Å². The van der Waals surface area contributed by atoms with E-state index in [0.29, 0.717) is 16.8 Å². The van der Waals surface area contributed by atoms with Gasteiger partial charge in [0.25, 0.3) is 0 Å². The Bertz CT molecular complexity index is 1030. The van der Waals surface area contributed by atoms with Gasteiger partial charge in [-0.25, -0.2) is 4.79 Å². The molecule has 0 heterocycles. The lowest BCUT2D eigenvalue weighted by Gasteiger charge is -2.07. The van der Waals surface area contributed by atoms with Crippen molar-refractivity contribution < 1.29 is 9.59 Å². The highest BCUT2D eigenvalue weighted by Crippen LogP contribution is 2.10. The van der Waals surface area contributed by atoms with Gasteiger partial charge in [-0.1, -0.05) is 78.9 Å². The normalized spacial score (nSPS) is 11.6. The van der Waals surface area contributed by atoms with Crippen LogP contribution >= 0.6 is 0 Å². The van der Waals surface area contributed by atoms with Gasteiger partial charge in [-0.15, -0.1) is 10.2 Å². The van der Waals surface area contributed by atoms with Crippen LogP contribution in [0.4, 0.5) is 10.5 Å². The molecule has 0 saturated heterocycles. The number of carbonyl (C=O) groups excluding carboxylic acids is 2. The Morgan fingerprint density at radius 2 is 1.21 bits per heavy atom. The predicted molar refractivity (Wildman–Crippen MR) is 115 cm³/mol. The second-order valence-electron chi connectivity index (χ2n) is 6.14. The zero-order valence-corrected chi connectivity index (χ0v) is 15.9.